The van der Waals surface area contributed by atoms with Crippen LogP contribution in [0.25, 0.3) is 11.3 Å². The lowest BCUT2D eigenvalue weighted by Gasteiger charge is -2.13. The normalized spacial score (nSPS) is 11.9. The quantitative estimate of drug-likeness (QED) is 0.415. The smallest absolute Gasteiger partial charge is 0.300 e. The van der Waals surface area contributed by atoms with Crippen LogP contribution >= 0.6 is 11.8 Å². The number of methoxy groups -OCH3 is 2. The molecule has 33 heavy (non-hydrogen) atoms. The zero-order valence-electron chi connectivity index (χ0n) is 18.0. The maximum atomic E-state index is 13.6. The molecule has 0 saturated heterocycles. The number of hydrogen-bond donors (Lipinski definition) is 1. The van der Waals surface area contributed by atoms with Crippen molar-refractivity contribution in [2.24, 2.45) is 0 Å². The predicted octanol–water partition coefficient (Wildman–Crippen LogP) is 3.16. The number of aromatic nitrogens is 4. The van der Waals surface area contributed by atoms with Crippen molar-refractivity contribution in [2.75, 3.05) is 19.5 Å². The first kappa shape index (κ1) is 22.3. The van der Waals surface area contributed by atoms with E-state index in [1.165, 1.54) is 47.6 Å². The molecular formula is C22H20FN5O4S. The number of benzene rings is 2. The Morgan fingerprint density at radius 3 is 2.48 bits per heavy atom. The number of nitrogens with zero attached hydrogens (tertiary/aromatic N) is 4. The second-order valence-corrected chi connectivity index (χ2v) is 8.29. The summed E-state index contributed by atoms with van der Waals surface area (Å²) >= 11 is 1.15. The van der Waals surface area contributed by atoms with Crippen LogP contribution in [-0.4, -0.2) is 44.5 Å². The molecule has 0 aliphatic heterocycles. The minimum atomic E-state index is -0.555. The van der Waals surface area contributed by atoms with E-state index in [1.54, 1.807) is 37.4 Å². The second kappa shape index (κ2) is 9.33. The van der Waals surface area contributed by atoms with Gasteiger partial charge in [0, 0.05) is 36.3 Å². The van der Waals surface area contributed by atoms with Crippen LogP contribution in [0.1, 0.15) is 6.92 Å². The number of ether oxygens (including phenoxy) is 2. The Morgan fingerprint density at radius 1 is 1.09 bits per heavy atom. The van der Waals surface area contributed by atoms with Gasteiger partial charge in [-0.05, 0) is 25.1 Å². The molecule has 4 rings (SSSR count). The summed E-state index contributed by atoms with van der Waals surface area (Å²) in [6.45, 7) is 1.71. The molecule has 0 unspecified atom stereocenters. The molecule has 0 saturated carbocycles. The van der Waals surface area contributed by atoms with Gasteiger partial charge in [0.15, 0.2) is 5.16 Å². The van der Waals surface area contributed by atoms with Crippen molar-refractivity contribution < 1.29 is 18.7 Å². The molecule has 0 bridgehead atoms. The van der Waals surface area contributed by atoms with Gasteiger partial charge >= 0.3 is 5.56 Å². The molecule has 1 N–H and O–H groups in total. The maximum Gasteiger partial charge on any atom is 0.300 e. The first-order chi connectivity index (χ1) is 15.9. The van der Waals surface area contributed by atoms with Crippen molar-refractivity contribution in [2.45, 2.75) is 17.3 Å². The molecule has 4 aromatic rings. The maximum absolute atomic E-state index is 13.6. The Labute approximate surface area is 192 Å². The Bertz CT molecular complexity index is 1360. The van der Waals surface area contributed by atoms with E-state index in [4.69, 9.17) is 9.47 Å². The van der Waals surface area contributed by atoms with E-state index in [1.807, 2.05) is 0 Å². The van der Waals surface area contributed by atoms with E-state index in [9.17, 15) is 14.0 Å². The van der Waals surface area contributed by atoms with E-state index < -0.39 is 16.6 Å². The lowest BCUT2D eigenvalue weighted by Crippen LogP contribution is -2.23. The van der Waals surface area contributed by atoms with Crippen molar-refractivity contribution in [3.63, 3.8) is 0 Å². The molecule has 0 spiro atoms. The Hall–Kier alpha value is -3.86. The monoisotopic (exact) mass is 469 g/mol. The summed E-state index contributed by atoms with van der Waals surface area (Å²) in [4.78, 5) is 25.6. The van der Waals surface area contributed by atoms with Gasteiger partial charge in [-0.25, -0.2) is 4.39 Å². The molecular weight excluding hydrogens is 449 g/mol. The number of halogens is 1. The molecule has 1 amide bonds. The summed E-state index contributed by atoms with van der Waals surface area (Å²) in [5.41, 5.74) is 0.506. The Balaban J connectivity index is 1.55. The number of amides is 1. The summed E-state index contributed by atoms with van der Waals surface area (Å²) in [5.74, 6) is 0.358. The number of hydrogen-bond acceptors (Lipinski definition) is 7. The lowest BCUT2D eigenvalue weighted by atomic mass is 10.2. The lowest BCUT2D eigenvalue weighted by molar-refractivity contribution is -0.115. The average molecular weight is 469 g/mol. The second-order valence-electron chi connectivity index (χ2n) is 6.98. The fourth-order valence-corrected chi connectivity index (χ4v) is 3.94. The van der Waals surface area contributed by atoms with Crippen molar-refractivity contribution in [1.82, 2.24) is 19.2 Å². The Morgan fingerprint density at radius 2 is 1.82 bits per heavy atom. The highest BCUT2D eigenvalue weighted by Crippen LogP contribution is 2.27. The van der Waals surface area contributed by atoms with Crippen molar-refractivity contribution in [1.29, 1.82) is 0 Å². The predicted molar refractivity (Wildman–Crippen MR) is 122 cm³/mol. The van der Waals surface area contributed by atoms with Crippen molar-refractivity contribution in [3.8, 4) is 17.2 Å². The molecule has 9 nitrogen and oxygen atoms in total. The van der Waals surface area contributed by atoms with Crippen LogP contribution < -0.4 is 20.3 Å². The summed E-state index contributed by atoms with van der Waals surface area (Å²) in [6, 6.07) is 10.7. The van der Waals surface area contributed by atoms with Crippen LogP contribution in [-0.2, 0) is 4.79 Å². The average Bonchev–Trinajstić information content (AvgIpc) is 3.22. The van der Waals surface area contributed by atoms with Crippen molar-refractivity contribution in [3.05, 3.63) is 71.0 Å². The third-order valence-corrected chi connectivity index (χ3v) is 5.85. The molecule has 0 radical (unpaired) electrons. The summed E-state index contributed by atoms with van der Waals surface area (Å²) in [5, 5.41) is 10.7. The Kier molecular flexibility index (Phi) is 6.31. The minimum absolute atomic E-state index is 0.0643. The van der Waals surface area contributed by atoms with E-state index in [0.717, 1.165) is 11.8 Å². The number of thioether (sulfide) groups is 1. The molecule has 0 aliphatic carbocycles. The zero-order chi connectivity index (χ0) is 23.5. The van der Waals surface area contributed by atoms with E-state index >= 15 is 0 Å². The zero-order valence-corrected chi connectivity index (χ0v) is 18.8. The SMILES string of the molecule is COc1cc(NC(=O)[C@H](C)Sc2nnc3c(=O)n(-c4cccc(F)c4)ccn23)cc(OC)c1. The standard InChI is InChI=1S/C22H20FN5O4S/c1-13(20(29)24-15-10-17(31-2)12-18(11-15)32-3)33-22-26-25-19-21(30)27(7-8-28(19)22)16-6-4-5-14(23)9-16/h4-13H,1-3H3,(H,24,29)/t13-/m0/s1. The summed E-state index contributed by atoms with van der Waals surface area (Å²) in [6.07, 6.45) is 3.10. The fraction of sp³-hybridized carbons (Fsp3) is 0.182. The molecule has 1 atom stereocenters. The first-order valence-corrected chi connectivity index (χ1v) is 10.7. The van der Waals surface area contributed by atoms with Crippen molar-refractivity contribution >= 4 is 29.0 Å². The topological polar surface area (TPSA) is 99.8 Å². The third kappa shape index (κ3) is 4.67. The molecule has 2 heterocycles. The van der Waals surface area contributed by atoms with Crippen LogP contribution in [0.3, 0.4) is 0 Å². The number of rotatable bonds is 7. The van der Waals surface area contributed by atoms with Gasteiger partial charge in [-0.2, -0.15) is 0 Å². The summed E-state index contributed by atoms with van der Waals surface area (Å²) in [7, 11) is 3.05. The molecule has 2 aromatic carbocycles. The van der Waals surface area contributed by atoms with Crippen LogP contribution in [0.4, 0.5) is 10.1 Å². The first-order valence-electron chi connectivity index (χ1n) is 9.82. The van der Waals surface area contributed by atoms with Crippen LogP contribution in [0.2, 0.25) is 0 Å². The molecule has 0 fully saturated rings. The van der Waals surface area contributed by atoms with Gasteiger partial charge in [0.25, 0.3) is 0 Å². The number of carbonyl (C=O) groups is 1. The molecule has 0 aliphatic rings. The van der Waals surface area contributed by atoms with Gasteiger partial charge in [0.1, 0.15) is 17.3 Å². The van der Waals surface area contributed by atoms with Gasteiger partial charge in [-0.15, -0.1) is 10.2 Å². The van der Waals surface area contributed by atoms with Crippen LogP contribution in [0.5, 0.6) is 11.5 Å². The molecule has 2 aromatic heterocycles. The van der Waals surface area contributed by atoms with Gasteiger partial charge in [0.05, 0.1) is 25.2 Å². The van der Waals surface area contributed by atoms with Crippen LogP contribution in [0.15, 0.2) is 64.8 Å². The molecule has 11 heteroatoms. The highest BCUT2D eigenvalue weighted by atomic mass is 32.2. The number of carbonyl (C=O) groups excluding carboxylic acids is 1. The van der Waals surface area contributed by atoms with E-state index in [2.05, 4.69) is 15.5 Å². The largest absolute Gasteiger partial charge is 0.497 e. The van der Waals surface area contributed by atoms with Gasteiger partial charge in [-0.3, -0.25) is 18.6 Å². The fourth-order valence-electron chi connectivity index (χ4n) is 3.11. The third-order valence-electron chi connectivity index (χ3n) is 4.80. The highest BCUT2D eigenvalue weighted by molar-refractivity contribution is 8.00. The number of nitrogens with one attached hydrogen (secondary N) is 1. The highest BCUT2D eigenvalue weighted by Gasteiger charge is 2.20. The summed E-state index contributed by atoms with van der Waals surface area (Å²) < 4.78 is 26.8. The van der Waals surface area contributed by atoms with Gasteiger partial charge in [-0.1, -0.05) is 17.8 Å². The van der Waals surface area contributed by atoms with Gasteiger partial charge < -0.3 is 14.8 Å². The van der Waals surface area contributed by atoms with Crippen LogP contribution in [0, 0.1) is 5.82 Å². The van der Waals surface area contributed by atoms with E-state index in [0.29, 0.717) is 28.0 Å². The number of anilines is 1. The van der Waals surface area contributed by atoms with Gasteiger partial charge in [0.2, 0.25) is 11.6 Å². The van der Waals surface area contributed by atoms with E-state index in [-0.39, 0.29) is 11.6 Å². The number of fused-ring (bicyclic) bond motifs is 1. The minimum Gasteiger partial charge on any atom is -0.497 e. The molecule has 170 valence electrons.